The zero-order valence-corrected chi connectivity index (χ0v) is 13.8. The Morgan fingerprint density at radius 2 is 1.60 bits per heavy atom. The summed E-state index contributed by atoms with van der Waals surface area (Å²) in [6, 6.07) is 0. The van der Waals surface area contributed by atoms with Gasteiger partial charge in [-0.05, 0) is 52.4 Å². The summed E-state index contributed by atoms with van der Waals surface area (Å²) in [5.74, 6) is -0.262. The van der Waals surface area contributed by atoms with Crippen molar-refractivity contribution in [2.24, 2.45) is 0 Å². The fraction of sp³-hybridized carbons (Fsp3) is 0.611. The van der Waals surface area contributed by atoms with Gasteiger partial charge in [0, 0.05) is 6.08 Å². The first-order valence-electron chi connectivity index (χ1n) is 7.62. The number of carbonyl (C=O) groups is 1. The molecule has 0 aromatic heterocycles. The van der Waals surface area contributed by atoms with E-state index in [0.29, 0.717) is 0 Å². The van der Waals surface area contributed by atoms with Crippen LogP contribution >= 0.6 is 0 Å². The molecule has 20 heavy (non-hydrogen) atoms. The molecule has 0 aliphatic rings. The van der Waals surface area contributed by atoms with E-state index in [4.69, 9.17) is 0 Å². The van der Waals surface area contributed by atoms with Crippen LogP contribution in [-0.2, 0) is 9.53 Å². The van der Waals surface area contributed by atoms with Crippen molar-refractivity contribution in [3.05, 3.63) is 34.9 Å². The quantitative estimate of drug-likeness (QED) is 0.322. The molecule has 0 atom stereocenters. The van der Waals surface area contributed by atoms with Gasteiger partial charge in [0.15, 0.2) is 0 Å². The maximum Gasteiger partial charge on any atom is 0.330 e. The number of carbonyl (C=O) groups excluding carboxylic acids is 1. The monoisotopic (exact) mass is 278 g/mol. The third kappa shape index (κ3) is 9.60. The summed E-state index contributed by atoms with van der Waals surface area (Å²) in [6.07, 6.45) is 12.7. The summed E-state index contributed by atoms with van der Waals surface area (Å²) in [5, 5.41) is 0. The van der Waals surface area contributed by atoms with E-state index < -0.39 is 0 Å². The van der Waals surface area contributed by atoms with Crippen molar-refractivity contribution in [1.82, 2.24) is 0 Å². The Morgan fingerprint density at radius 3 is 2.15 bits per heavy atom. The molecule has 0 aliphatic carbocycles. The molecule has 0 amide bonds. The molecule has 0 radical (unpaired) electrons. The second-order valence-electron chi connectivity index (χ2n) is 5.21. The van der Waals surface area contributed by atoms with Crippen molar-refractivity contribution in [1.29, 1.82) is 0 Å². The van der Waals surface area contributed by atoms with Crippen LogP contribution in [0.4, 0.5) is 0 Å². The predicted octanol–water partition coefficient (Wildman–Crippen LogP) is 5.36. The van der Waals surface area contributed by atoms with Crippen LogP contribution in [0.1, 0.15) is 66.2 Å². The molecule has 0 aliphatic heterocycles. The highest BCUT2D eigenvalue weighted by Gasteiger charge is 1.98. The van der Waals surface area contributed by atoms with Crippen LogP contribution in [0.5, 0.6) is 0 Å². The number of ether oxygens (including phenoxy) is 1. The minimum atomic E-state index is -0.262. The van der Waals surface area contributed by atoms with E-state index >= 15 is 0 Å². The number of hydrogen-bond donors (Lipinski definition) is 0. The van der Waals surface area contributed by atoms with Gasteiger partial charge in [0.05, 0.1) is 7.11 Å². The SMILES string of the molecule is CCC(C)=CCCC(=CCCC(C)=CC(=O)OC)CC. The van der Waals surface area contributed by atoms with E-state index in [1.54, 1.807) is 6.08 Å². The number of rotatable bonds is 9. The lowest BCUT2D eigenvalue weighted by Crippen LogP contribution is -1.95. The van der Waals surface area contributed by atoms with Crippen molar-refractivity contribution >= 4 is 5.97 Å². The third-order valence-corrected chi connectivity index (χ3v) is 3.51. The van der Waals surface area contributed by atoms with Gasteiger partial charge in [-0.3, -0.25) is 0 Å². The Balaban J connectivity index is 4.19. The van der Waals surface area contributed by atoms with E-state index in [-0.39, 0.29) is 5.97 Å². The molecule has 0 aromatic carbocycles. The first kappa shape index (κ1) is 18.7. The average molecular weight is 278 g/mol. The summed E-state index contributed by atoms with van der Waals surface area (Å²) >= 11 is 0. The maximum absolute atomic E-state index is 11.1. The molecule has 0 aromatic rings. The van der Waals surface area contributed by atoms with Crippen LogP contribution in [0.25, 0.3) is 0 Å². The molecule has 0 spiro atoms. The molecule has 0 saturated heterocycles. The van der Waals surface area contributed by atoms with Crippen LogP contribution in [0.15, 0.2) is 34.9 Å². The molecule has 0 N–H and O–H groups in total. The van der Waals surface area contributed by atoms with Gasteiger partial charge < -0.3 is 4.74 Å². The molecule has 114 valence electrons. The van der Waals surface area contributed by atoms with Gasteiger partial charge in [-0.2, -0.15) is 0 Å². The lowest BCUT2D eigenvalue weighted by molar-refractivity contribution is -0.134. The summed E-state index contributed by atoms with van der Waals surface area (Å²) in [5.41, 5.74) is 4.05. The second-order valence-corrected chi connectivity index (χ2v) is 5.21. The number of allylic oxidation sites excluding steroid dienone is 5. The zero-order valence-electron chi connectivity index (χ0n) is 13.8. The molecule has 0 bridgehead atoms. The standard InChI is InChI=1S/C18H30O2/c1-6-15(3)10-8-12-17(7-2)13-9-11-16(4)14-18(19)20-5/h10,13-14H,6-9,11-12H2,1-5H3. The molecular formula is C18H30O2. The smallest absolute Gasteiger partial charge is 0.330 e. The van der Waals surface area contributed by atoms with Crippen molar-refractivity contribution < 1.29 is 9.53 Å². The number of hydrogen-bond acceptors (Lipinski definition) is 2. The second kappa shape index (κ2) is 11.5. The van der Waals surface area contributed by atoms with Gasteiger partial charge in [-0.15, -0.1) is 0 Å². The van der Waals surface area contributed by atoms with Gasteiger partial charge in [0.25, 0.3) is 0 Å². The fourth-order valence-corrected chi connectivity index (χ4v) is 1.91. The van der Waals surface area contributed by atoms with Crippen LogP contribution in [-0.4, -0.2) is 13.1 Å². The Hall–Kier alpha value is -1.31. The lowest BCUT2D eigenvalue weighted by atomic mass is 10.0. The van der Waals surface area contributed by atoms with Crippen LogP contribution < -0.4 is 0 Å². The van der Waals surface area contributed by atoms with E-state index in [9.17, 15) is 4.79 Å². The molecule has 2 heteroatoms. The van der Waals surface area contributed by atoms with E-state index in [1.807, 2.05) is 6.92 Å². The topological polar surface area (TPSA) is 26.3 Å². The maximum atomic E-state index is 11.1. The summed E-state index contributed by atoms with van der Waals surface area (Å²) in [7, 11) is 1.41. The van der Waals surface area contributed by atoms with Crippen molar-refractivity contribution in [2.75, 3.05) is 7.11 Å². The average Bonchev–Trinajstić information content (AvgIpc) is 2.44. The van der Waals surface area contributed by atoms with Crippen LogP contribution in [0.2, 0.25) is 0 Å². The van der Waals surface area contributed by atoms with Crippen molar-refractivity contribution in [3.8, 4) is 0 Å². The van der Waals surface area contributed by atoms with E-state index in [2.05, 4.69) is 37.7 Å². The highest BCUT2D eigenvalue weighted by molar-refractivity contribution is 5.82. The van der Waals surface area contributed by atoms with E-state index in [0.717, 1.165) is 44.1 Å². The fourth-order valence-electron chi connectivity index (χ4n) is 1.91. The van der Waals surface area contributed by atoms with Crippen molar-refractivity contribution in [3.63, 3.8) is 0 Å². The van der Waals surface area contributed by atoms with Crippen molar-refractivity contribution in [2.45, 2.75) is 66.2 Å². The summed E-state index contributed by atoms with van der Waals surface area (Å²) < 4.78 is 4.62. The normalized spacial score (nSPS) is 13.6. The molecule has 0 fully saturated rings. The van der Waals surface area contributed by atoms with Gasteiger partial charge in [0.2, 0.25) is 0 Å². The Bertz CT molecular complexity index is 373. The Kier molecular flexibility index (Phi) is 10.8. The zero-order chi connectivity index (χ0) is 15.4. The molecule has 2 nitrogen and oxygen atoms in total. The van der Waals surface area contributed by atoms with E-state index in [1.165, 1.54) is 18.3 Å². The lowest BCUT2D eigenvalue weighted by Gasteiger charge is -2.04. The Labute approximate surface area is 124 Å². The van der Waals surface area contributed by atoms with Crippen LogP contribution in [0, 0.1) is 0 Å². The number of esters is 1. The van der Waals surface area contributed by atoms with Gasteiger partial charge >= 0.3 is 5.97 Å². The third-order valence-electron chi connectivity index (χ3n) is 3.51. The predicted molar refractivity (Wildman–Crippen MR) is 86.7 cm³/mol. The van der Waals surface area contributed by atoms with Gasteiger partial charge in [-0.1, -0.05) is 42.7 Å². The Morgan fingerprint density at radius 1 is 0.950 bits per heavy atom. The minimum absolute atomic E-state index is 0.262. The van der Waals surface area contributed by atoms with Gasteiger partial charge in [-0.25, -0.2) is 4.79 Å². The minimum Gasteiger partial charge on any atom is -0.466 e. The largest absolute Gasteiger partial charge is 0.466 e. The highest BCUT2D eigenvalue weighted by atomic mass is 16.5. The van der Waals surface area contributed by atoms with Crippen LogP contribution in [0.3, 0.4) is 0 Å². The molecular weight excluding hydrogens is 248 g/mol. The first-order valence-corrected chi connectivity index (χ1v) is 7.62. The molecule has 0 heterocycles. The molecule has 0 saturated carbocycles. The summed E-state index contributed by atoms with van der Waals surface area (Å²) in [6.45, 7) is 8.57. The summed E-state index contributed by atoms with van der Waals surface area (Å²) in [4.78, 5) is 11.1. The first-order chi connectivity index (χ1) is 9.53. The molecule has 0 unspecified atom stereocenters. The highest BCUT2D eigenvalue weighted by Crippen LogP contribution is 2.15. The molecule has 0 rings (SSSR count). The van der Waals surface area contributed by atoms with Gasteiger partial charge in [0.1, 0.15) is 0 Å². The number of methoxy groups -OCH3 is 1.